The minimum absolute atomic E-state index is 0. The molecule has 3 aromatic rings. The summed E-state index contributed by atoms with van der Waals surface area (Å²) in [6.07, 6.45) is 0.944. The number of hydrogen-bond donors (Lipinski definition) is 4. The number of hydrogen-bond acceptors (Lipinski definition) is 6. The summed E-state index contributed by atoms with van der Waals surface area (Å²) < 4.78 is 11.0. The molecule has 31 heavy (non-hydrogen) atoms. The van der Waals surface area contributed by atoms with E-state index in [2.05, 4.69) is 30.8 Å². The smallest absolute Gasteiger partial charge is 0.216 e. The van der Waals surface area contributed by atoms with Gasteiger partial charge in [-0.2, -0.15) is 0 Å². The first-order valence-electron chi connectivity index (χ1n) is 9.97. The number of benzene rings is 1. The van der Waals surface area contributed by atoms with Crippen molar-refractivity contribution in [2.24, 2.45) is 4.99 Å². The fraction of sp³-hybridized carbons (Fsp3) is 0.381. The van der Waals surface area contributed by atoms with Crippen LogP contribution in [0.4, 0.5) is 0 Å². The number of guanidine groups is 1. The molecule has 1 unspecified atom stereocenters. The Labute approximate surface area is 198 Å². The zero-order chi connectivity index (χ0) is 21.3. The molecule has 2 aromatic heterocycles. The molecular weight excluding hydrogens is 511 g/mol. The highest BCUT2D eigenvalue weighted by Gasteiger charge is 2.11. The highest BCUT2D eigenvalue weighted by molar-refractivity contribution is 14.0. The Morgan fingerprint density at radius 3 is 2.81 bits per heavy atom. The molecule has 0 aliphatic carbocycles. The van der Waals surface area contributed by atoms with E-state index in [1.807, 2.05) is 45.0 Å². The highest BCUT2D eigenvalue weighted by atomic mass is 127. The molecule has 3 rings (SSSR count). The van der Waals surface area contributed by atoms with Gasteiger partial charge in [0.05, 0.1) is 18.5 Å². The van der Waals surface area contributed by atoms with Gasteiger partial charge in [-0.1, -0.05) is 12.1 Å². The van der Waals surface area contributed by atoms with E-state index in [1.165, 1.54) is 0 Å². The predicted octanol–water partition coefficient (Wildman–Crippen LogP) is 3.26. The summed E-state index contributed by atoms with van der Waals surface area (Å²) >= 11 is 0. The summed E-state index contributed by atoms with van der Waals surface area (Å²) in [7, 11) is 0. The number of H-pyrrole nitrogens is 1. The maximum Gasteiger partial charge on any atom is 0.216 e. The van der Waals surface area contributed by atoms with Gasteiger partial charge in [0.1, 0.15) is 18.1 Å². The van der Waals surface area contributed by atoms with Crippen molar-refractivity contribution >= 4 is 29.9 Å². The fourth-order valence-electron chi connectivity index (χ4n) is 2.76. The molecule has 9 nitrogen and oxygen atoms in total. The lowest BCUT2D eigenvalue weighted by Crippen LogP contribution is -2.39. The largest absolute Gasteiger partial charge is 0.491 e. The van der Waals surface area contributed by atoms with Gasteiger partial charge < -0.3 is 24.9 Å². The Balaban J connectivity index is 0.00000341. The van der Waals surface area contributed by atoms with Crippen LogP contribution in [-0.2, 0) is 6.54 Å². The van der Waals surface area contributed by atoms with E-state index >= 15 is 0 Å². The van der Waals surface area contributed by atoms with Gasteiger partial charge in [0, 0.05) is 13.1 Å². The summed E-state index contributed by atoms with van der Waals surface area (Å²) in [6, 6.07) is 11.0. The van der Waals surface area contributed by atoms with Crippen molar-refractivity contribution in [3.8, 4) is 17.3 Å². The van der Waals surface area contributed by atoms with E-state index in [0.717, 1.165) is 11.3 Å². The minimum atomic E-state index is -0.708. The normalized spacial score (nSPS) is 12.4. The average molecular weight is 540 g/mol. The molecule has 4 N–H and O–H groups in total. The molecule has 0 saturated carbocycles. The minimum Gasteiger partial charge on any atom is -0.491 e. The zero-order valence-electron chi connectivity index (χ0n) is 17.8. The van der Waals surface area contributed by atoms with Crippen LogP contribution in [0.2, 0.25) is 0 Å². The second kappa shape index (κ2) is 12.3. The molecule has 0 spiro atoms. The number of aliphatic imine (C=N–C) groups is 1. The van der Waals surface area contributed by atoms with Gasteiger partial charge in [0.15, 0.2) is 11.7 Å². The monoisotopic (exact) mass is 540 g/mol. The number of rotatable bonds is 9. The van der Waals surface area contributed by atoms with E-state index in [9.17, 15) is 5.11 Å². The molecule has 1 atom stereocenters. The number of aliphatic hydroxyl groups excluding tert-OH is 1. The topological polar surface area (TPSA) is 121 Å². The number of halogens is 1. The molecule has 0 amide bonds. The second-order valence-electron chi connectivity index (χ2n) is 6.91. The Morgan fingerprint density at radius 1 is 1.26 bits per heavy atom. The van der Waals surface area contributed by atoms with Gasteiger partial charge in [-0.25, -0.2) is 9.98 Å². The molecule has 0 saturated heterocycles. The van der Waals surface area contributed by atoms with Crippen LogP contribution in [0.25, 0.3) is 11.6 Å². The third-order valence-corrected chi connectivity index (χ3v) is 4.08. The first-order chi connectivity index (χ1) is 14.5. The number of furan rings is 1. The average Bonchev–Trinajstić information content (AvgIpc) is 3.41. The highest BCUT2D eigenvalue weighted by Crippen LogP contribution is 2.20. The van der Waals surface area contributed by atoms with Crippen molar-refractivity contribution in [2.45, 2.75) is 39.5 Å². The molecular formula is C21H29IN6O3. The van der Waals surface area contributed by atoms with Gasteiger partial charge in [0.2, 0.25) is 5.82 Å². The van der Waals surface area contributed by atoms with Gasteiger partial charge in [-0.05, 0) is 50.6 Å². The van der Waals surface area contributed by atoms with Crippen LogP contribution in [-0.4, -0.2) is 45.4 Å². The van der Waals surface area contributed by atoms with E-state index in [4.69, 9.17) is 9.15 Å². The second-order valence-corrected chi connectivity index (χ2v) is 6.91. The molecule has 10 heteroatoms. The van der Waals surface area contributed by atoms with E-state index in [0.29, 0.717) is 43.0 Å². The van der Waals surface area contributed by atoms with Gasteiger partial charge in [-0.15, -0.1) is 29.1 Å². The van der Waals surface area contributed by atoms with Crippen LogP contribution in [0, 0.1) is 0 Å². The van der Waals surface area contributed by atoms with Crippen LogP contribution < -0.4 is 15.4 Å². The lowest BCUT2D eigenvalue weighted by molar-refractivity contribution is 0.179. The van der Waals surface area contributed by atoms with Crippen molar-refractivity contribution < 1.29 is 14.3 Å². The van der Waals surface area contributed by atoms with E-state index in [1.54, 1.807) is 18.4 Å². The number of nitrogens with zero attached hydrogens (tertiary/aromatic N) is 3. The number of nitrogens with one attached hydrogen (secondary N) is 3. The van der Waals surface area contributed by atoms with Crippen molar-refractivity contribution in [2.75, 3.05) is 13.1 Å². The molecule has 0 radical (unpaired) electrons. The van der Waals surface area contributed by atoms with Crippen LogP contribution in [0.15, 0.2) is 52.1 Å². The third-order valence-electron chi connectivity index (χ3n) is 4.08. The lowest BCUT2D eigenvalue weighted by Gasteiger charge is -2.17. The van der Waals surface area contributed by atoms with Gasteiger partial charge in [-0.3, -0.25) is 5.10 Å². The molecule has 0 bridgehead atoms. The molecule has 0 aliphatic heterocycles. The van der Waals surface area contributed by atoms with Crippen molar-refractivity contribution in [3.05, 3.63) is 54.0 Å². The Kier molecular flexibility index (Phi) is 9.79. The first kappa shape index (κ1) is 24.7. The van der Waals surface area contributed by atoms with Crippen molar-refractivity contribution in [1.82, 2.24) is 25.8 Å². The zero-order valence-corrected chi connectivity index (χ0v) is 20.2. The van der Waals surface area contributed by atoms with Crippen LogP contribution >= 0.6 is 24.0 Å². The molecule has 168 valence electrons. The standard InChI is InChI=1S/C21H28N6O3.HI/c1-4-22-21(24-13-19-25-20(27-26-19)18-9-6-10-29-18)23-12-17(28)15-7-5-8-16(11-15)30-14(2)3;/h5-11,14,17,28H,4,12-13H2,1-3H3,(H2,22,23,24)(H,25,26,27);1H. The molecule has 1 aromatic carbocycles. The Bertz CT molecular complexity index is 942. The van der Waals surface area contributed by atoms with Gasteiger partial charge in [0.25, 0.3) is 0 Å². The lowest BCUT2D eigenvalue weighted by atomic mass is 10.1. The third kappa shape index (κ3) is 7.55. The van der Waals surface area contributed by atoms with Gasteiger partial charge >= 0.3 is 0 Å². The SMILES string of the molecule is CCNC(=NCc1nc(-c2ccco2)n[nH]1)NCC(O)c1cccc(OC(C)C)c1.I. The molecule has 0 aliphatic rings. The first-order valence-corrected chi connectivity index (χ1v) is 9.97. The molecule has 0 fully saturated rings. The van der Waals surface area contributed by atoms with E-state index in [-0.39, 0.29) is 30.1 Å². The number of aliphatic hydroxyl groups is 1. The predicted molar refractivity (Wildman–Crippen MR) is 129 cm³/mol. The van der Waals surface area contributed by atoms with Crippen LogP contribution in [0.5, 0.6) is 5.75 Å². The van der Waals surface area contributed by atoms with Crippen LogP contribution in [0.3, 0.4) is 0 Å². The van der Waals surface area contributed by atoms with E-state index < -0.39 is 6.10 Å². The fourth-order valence-corrected chi connectivity index (χ4v) is 2.76. The summed E-state index contributed by atoms with van der Waals surface area (Å²) in [6.45, 7) is 7.20. The maximum atomic E-state index is 10.6. The van der Waals surface area contributed by atoms with Crippen LogP contribution in [0.1, 0.15) is 38.3 Å². The summed E-state index contributed by atoms with van der Waals surface area (Å²) in [5, 5.41) is 23.8. The summed E-state index contributed by atoms with van der Waals surface area (Å²) in [5.41, 5.74) is 0.773. The van der Waals surface area contributed by atoms with Crippen molar-refractivity contribution in [1.29, 1.82) is 0 Å². The quantitative estimate of drug-likeness (QED) is 0.187. The number of aromatic nitrogens is 3. The maximum absolute atomic E-state index is 10.6. The Morgan fingerprint density at radius 2 is 2.10 bits per heavy atom. The summed E-state index contributed by atoms with van der Waals surface area (Å²) in [4.78, 5) is 8.87. The Hall–Kier alpha value is -2.60. The molecule has 2 heterocycles. The van der Waals surface area contributed by atoms with Crippen molar-refractivity contribution in [3.63, 3.8) is 0 Å². The number of aromatic amines is 1. The summed E-state index contributed by atoms with van der Waals surface area (Å²) in [5.74, 6) is 3.00. The number of ether oxygens (including phenoxy) is 1.